The molecule has 1 aliphatic heterocycles. The first-order valence-corrected chi connectivity index (χ1v) is 8.97. The number of rotatable bonds is 4. The van der Waals surface area contributed by atoms with Gasteiger partial charge in [-0.25, -0.2) is 9.97 Å². The van der Waals surface area contributed by atoms with Crippen molar-refractivity contribution in [3.63, 3.8) is 0 Å². The van der Waals surface area contributed by atoms with Gasteiger partial charge in [-0.3, -0.25) is 4.98 Å². The maximum atomic E-state index is 5.92. The molecule has 6 nitrogen and oxygen atoms in total. The lowest BCUT2D eigenvalue weighted by atomic mass is 10.0. The van der Waals surface area contributed by atoms with E-state index in [1.807, 2.05) is 38.1 Å². The number of nitrogens with zero attached hydrogens (tertiary/aromatic N) is 3. The number of nitrogens with one attached hydrogen (secondary N) is 1. The summed E-state index contributed by atoms with van der Waals surface area (Å²) in [6.45, 7) is 4.52. The number of benzene rings is 1. The predicted octanol–water partition coefficient (Wildman–Crippen LogP) is 3.58. The Hall–Kier alpha value is -3.15. The summed E-state index contributed by atoms with van der Waals surface area (Å²) < 4.78 is 11.3. The quantitative estimate of drug-likeness (QED) is 0.765. The van der Waals surface area contributed by atoms with Gasteiger partial charge in [0.1, 0.15) is 6.61 Å². The standard InChI is InChI=1S/C21H22N4O2/c1-13-7-8-17(14(2)23-13)18-9-10-22-21(25-18)24-16-11-15-5-4-6-19(26-3)20(15)27-12-16/h4-10,16H,11-12H2,1-3H3,(H,22,24,25). The molecule has 6 heteroatoms. The van der Waals surface area contributed by atoms with Gasteiger partial charge >= 0.3 is 0 Å². The second-order valence-corrected chi connectivity index (χ2v) is 6.66. The largest absolute Gasteiger partial charge is 0.493 e. The zero-order valence-corrected chi connectivity index (χ0v) is 15.7. The molecule has 0 saturated carbocycles. The number of ether oxygens (including phenoxy) is 2. The average molecular weight is 362 g/mol. The SMILES string of the molecule is COc1cccc2c1OCC(Nc1nccc(-c3ccc(C)nc3C)n1)C2. The Balaban J connectivity index is 1.54. The van der Waals surface area contributed by atoms with E-state index < -0.39 is 0 Å². The molecule has 27 heavy (non-hydrogen) atoms. The molecule has 1 aromatic carbocycles. The van der Waals surface area contributed by atoms with Crippen LogP contribution in [0.2, 0.25) is 0 Å². The fraction of sp³-hybridized carbons (Fsp3) is 0.286. The molecule has 1 N–H and O–H groups in total. The predicted molar refractivity (Wildman–Crippen MR) is 104 cm³/mol. The third-order valence-electron chi connectivity index (χ3n) is 4.67. The van der Waals surface area contributed by atoms with Crippen molar-refractivity contribution in [2.45, 2.75) is 26.3 Å². The number of methoxy groups -OCH3 is 1. The molecule has 0 bridgehead atoms. The van der Waals surface area contributed by atoms with E-state index in [0.29, 0.717) is 12.6 Å². The van der Waals surface area contributed by atoms with Gasteiger partial charge in [-0.1, -0.05) is 12.1 Å². The molecule has 1 atom stereocenters. The maximum Gasteiger partial charge on any atom is 0.223 e. The normalized spacial score (nSPS) is 15.6. The fourth-order valence-electron chi connectivity index (χ4n) is 3.37. The number of hydrogen-bond donors (Lipinski definition) is 1. The van der Waals surface area contributed by atoms with Crippen LogP contribution in [0, 0.1) is 13.8 Å². The second-order valence-electron chi connectivity index (χ2n) is 6.66. The van der Waals surface area contributed by atoms with Crippen LogP contribution in [0.25, 0.3) is 11.3 Å². The molecule has 1 aliphatic rings. The minimum absolute atomic E-state index is 0.0945. The van der Waals surface area contributed by atoms with E-state index in [9.17, 15) is 0 Å². The van der Waals surface area contributed by atoms with Crippen LogP contribution in [0.15, 0.2) is 42.6 Å². The molecule has 4 rings (SSSR count). The highest BCUT2D eigenvalue weighted by molar-refractivity contribution is 5.62. The summed E-state index contributed by atoms with van der Waals surface area (Å²) in [5.41, 5.74) is 4.95. The molecule has 0 amide bonds. The number of fused-ring (bicyclic) bond motifs is 1. The van der Waals surface area contributed by atoms with Gasteiger partial charge < -0.3 is 14.8 Å². The molecular formula is C21H22N4O2. The van der Waals surface area contributed by atoms with Gasteiger partial charge in [0.05, 0.1) is 18.8 Å². The molecule has 0 aliphatic carbocycles. The first-order valence-electron chi connectivity index (χ1n) is 8.97. The van der Waals surface area contributed by atoms with Crippen LogP contribution in [0.1, 0.15) is 17.0 Å². The third kappa shape index (κ3) is 3.56. The Morgan fingerprint density at radius 2 is 2.00 bits per heavy atom. The van der Waals surface area contributed by atoms with Crippen LogP contribution < -0.4 is 14.8 Å². The summed E-state index contributed by atoms with van der Waals surface area (Å²) >= 11 is 0. The van der Waals surface area contributed by atoms with Gasteiger partial charge in [0, 0.05) is 28.7 Å². The number of aryl methyl sites for hydroxylation is 2. The van der Waals surface area contributed by atoms with Crippen LogP contribution in [-0.2, 0) is 6.42 Å². The van der Waals surface area contributed by atoms with Crippen LogP contribution in [0.3, 0.4) is 0 Å². The molecule has 3 heterocycles. The second kappa shape index (κ2) is 7.23. The summed E-state index contributed by atoms with van der Waals surface area (Å²) in [5.74, 6) is 2.19. The van der Waals surface area contributed by atoms with Gasteiger partial charge in [0.25, 0.3) is 0 Å². The summed E-state index contributed by atoms with van der Waals surface area (Å²) in [5, 5.41) is 3.39. The van der Waals surface area contributed by atoms with Crippen molar-refractivity contribution in [3.05, 3.63) is 59.5 Å². The molecule has 0 spiro atoms. The monoisotopic (exact) mass is 362 g/mol. The van der Waals surface area contributed by atoms with E-state index in [1.165, 1.54) is 0 Å². The Labute approximate surface area is 158 Å². The molecule has 0 radical (unpaired) electrons. The number of aromatic nitrogens is 3. The first-order chi connectivity index (χ1) is 13.1. The fourth-order valence-corrected chi connectivity index (χ4v) is 3.37. The highest BCUT2D eigenvalue weighted by atomic mass is 16.5. The van der Waals surface area contributed by atoms with Crippen molar-refractivity contribution in [1.82, 2.24) is 15.0 Å². The Kier molecular flexibility index (Phi) is 4.62. The molecule has 0 saturated heterocycles. The summed E-state index contributed by atoms with van der Waals surface area (Å²) in [4.78, 5) is 13.6. The highest BCUT2D eigenvalue weighted by Crippen LogP contribution is 2.35. The zero-order chi connectivity index (χ0) is 18.8. The van der Waals surface area contributed by atoms with Crippen molar-refractivity contribution >= 4 is 5.95 Å². The van der Waals surface area contributed by atoms with E-state index in [1.54, 1.807) is 13.3 Å². The van der Waals surface area contributed by atoms with E-state index in [-0.39, 0.29) is 6.04 Å². The van der Waals surface area contributed by atoms with Crippen molar-refractivity contribution in [2.75, 3.05) is 19.0 Å². The van der Waals surface area contributed by atoms with Crippen molar-refractivity contribution in [3.8, 4) is 22.8 Å². The minimum Gasteiger partial charge on any atom is -0.493 e. The molecular weight excluding hydrogens is 340 g/mol. The van der Waals surface area contributed by atoms with Crippen LogP contribution in [-0.4, -0.2) is 34.7 Å². The topological polar surface area (TPSA) is 69.2 Å². The van der Waals surface area contributed by atoms with Crippen molar-refractivity contribution < 1.29 is 9.47 Å². The Bertz CT molecular complexity index is 974. The van der Waals surface area contributed by atoms with E-state index in [2.05, 4.69) is 32.4 Å². The lowest BCUT2D eigenvalue weighted by Crippen LogP contribution is -2.33. The number of para-hydroxylation sites is 1. The smallest absolute Gasteiger partial charge is 0.223 e. The van der Waals surface area contributed by atoms with Gasteiger partial charge in [-0.05, 0) is 44.5 Å². The van der Waals surface area contributed by atoms with Gasteiger partial charge in [-0.15, -0.1) is 0 Å². The first kappa shape index (κ1) is 17.3. The summed E-state index contributed by atoms with van der Waals surface area (Å²) in [6.07, 6.45) is 2.59. The van der Waals surface area contributed by atoms with Crippen molar-refractivity contribution in [2.24, 2.45) is 0 Å². The highest BCUT2D eigenvalue weighted by Gasteiger charge is 2.23. The molecule has 1 unspecified atom stereocenters. The minimum atomic E-state index is 0.0945. The van der Waals surface area contributed by atoms with Crippen LogP contribution >= 0.6 is 0 Å². The van der Waals surface area contributed by atoms with Crippen molar-refractivity contribution in [1.29, 1.82) is 0 Å². The van der Waals surface area contributed by atoms with E-state index >= 15 is 0 Å². The van der Waals surface area contributed by atoms with Gasteiger partial charge in [0.2, 0.25) is 5.95 Å². The summed E-state index contributed by atoms with van der Waals surface area (Å²) in [7, 11) is 1.66. The maximum absolute atomic E-state index is 5.92. The molecule has 138 valence electrons. The Morgan fingerprint density at radius 3 is 2.81 bits per heavy atom. The van der Waals surface area contributed by atoms with Gasteiger partial charge in [-0.2, -0.15) is 0 Å². The molecule has 2 aromatic heterocycles. The van der Waals surface area contributed by atoms with E-state index in [0.717, 1.165) is 46.1 Å². The Morgan fingerprint density at radius 1 is 1.11 bits per heavy atom. The number of anilines is 1. The zero-order valence-electron chi connectivity index (χ0n) is 15.7. The number of hydrogen-bond acceptors (Lipinski definition) is 6. The molecule has 3 aromatic rings. The number of pyridine rings is 1. The van der Waals surface area contributed by atoms with Crippen LogP contribution in [0.4, 0.5) is 5.95 Å². The third-order valence-corrected chi connectivity index (χ3v) is 4.67. The lowest BCUT2D eigenvalue weighted by molar-refractivity contribution is 0.256. The lowest BCUT2D eigenvalue weighted by Gasteiger charge is -2.27. The van der Waals surface area contributed by atoms with Gasteiger partial charge in [0.15, 0.2) is 11.5 Å². The van der Waals surface area contributed by atoms with Crippen LogP contribution in [0.5, 0.6) is 11.5 Å². The summed E-state index contributed by atoms with van der Waals surface area (Å²) in [6, 6.07) is 12.0. The molecule has 0 fully saturated rings. The average Bonchev–Trinajstić information content (AvgIpc) is 2.67. The van der Waals surface area contributed by atoms with E-state index in [4.69, 9.17) is 9.47 Å².